The molecule has 0 spiro atoms. The van der Waals surface area contributed by atoms with E-state index in [4.69, 9.17) is 9.52 Å². The van der Waals surface area contributed by atoms with Gasteiger partial charge in [0.15, 0.2) is 12.1 Å². The summed E-state index contributed by atoms with van der Waals surface area (Å²) in [6.07, 6.45) is 1.23. The topological polar surface area (TPSA) is 92.4 Å². The summed E-state index contributed by atoms with van der Waals surface area (Å²) in [5, 5.41) is 11.4. The summed E-state index contributed by atoms with van der Waals surface area (Å²) in [5.74, 6) is -0.829. The second-order valence-electron chi connectivity index (χ2n) is 4.56. The first-order chi connectivity index (χ1) is 9.49. The van der Waals surface area contributed by atoms with Crippen molar-refractivity contribution in [1.29, 1.82) is 0 Å². The summed E-state index contributed by atoms with van der Waals surface area (Å²) in [6, 6.07) is 5.89. The van der Waals surface area contributed by atoms with Crippen LogP contribution in [0.25, 0.3) is 0 Å². The van der Waals surface area contributed by atoms with Crippen LogP contribution in [0.2, 0.25) is 0 Å². The standard InChI is InChI=1S/C14H14N2O4/c1-8(2)12-11(15-7-20-12)13(17)16-10-5-3-9(4-6-10)14(18)19/h3-8H,1-2H3,(H,16,17)(H,18,19). The van der Waals surface area contributed by atoms with Crippen LogP contribution in [0, 0.1) is 0 Å². The monoisotopic (exact) mass is 274 g/mol. The van der Waals surface area contributed by atoms with E-state index in [9.17, 15) is 9.59 Å². The number of hydrogen-bond acceptors (Lipinski definition) is 4. The number of hydrogen-bond donors (Lipinski definition) is 2. The van der Waals surface area contributed by atoms with Gasteiger partial charge in [-0.15, -0.1) is 0 Å². The summed E-state index contributed by atoms with van der Waals surface area (Å²) in [4.78, 5) is 26.7. The molecule has 2 N–H and O–H groups in total. The van der Waals surface area contributed by atoms with Crippen molar-refractivity contribution in [1.82, 2.24) is 4.98 Å². The van der Waals surface area contributed by atoms with Crippen molar-refractivity contribution in [3.8, 4) is 0 Å². The Balaban J connectivity index is 2.15. The van der Waals surface area contributed by atoms with Gasteiger partial charge in [0, 0.05) is 11.6 Å². The van der Waals surface area contributed by atoms with E-state index in [1.165, 1.54) is 30.7 Å². The van der Waals surface area contributed by atoms with Crippen molar-refractivity contribution in [2.75, 3.05) is 5.32 Å². The van der Waals surface area contributed by atoms with Gasteiger partial charge in [-0.3, -0.25) is 4.79 Å². The lowest BCUT2D eigenvalue weighted by Crippen LogP contribution is -2.14. The maximum atomic E-state index is 12.1. The molecule has 2 rings (SSSR count). The molecule has 0 atom stereocenters. The highest BCUT2D eigenvalue weighted by Gasteiger charge is 2.19. The highest BCUT2D eigenvalue weighted by molar-refractivity contribution is 6.03. The molecule has 1 aromatic carbocycles. The molecule has 20 heavy (non-hydrogen) atoms. The molecule has 6 heteroatoms. The fraction of sp³-hybridized carbons (Fsp3) is 0.214. The van der Waals surface area contributed by atoms with Crippen molar-refractivity contribution in [3.05, 3.63) is 47.7 Å². The number of carboxylic acids is 1. The SMILES string of the molecule is CC(C)c1ocnc1C(=O)Nc1ccc(C(=O)O)cc1. The lowest BCUT2D eigenvalue weighted by Gasteiger charge is -2.06. The number of anilines is 1. The van der Waals surface area contributed by atoms with E-state index >= 15 is 0 Å². The number of carbonyl (C=O) groups excluding carboxylic acids is 1. The molecular weight excluding hydrogens is 260 g/mol. The zero-order valence-corrected chi connectivity index (χ0v) is 11.1. The lowest BCUT2D eigenvalue weighted by molar-refractivity contribution is 0.0696. The number of aromatic nitrogens is 1. The van der Waals surface area contributed by atoms with Gasteiger partial charge in [0.1, 0.15) is 5.76 Å². The molecule has 104 valence electrons. The van der Waals surface area contributed by atoms with E-state index < -0.39 is 5.97 Å². The molecule has 0 aliphatic rings. The van der Waals surface area contributed by atoms with Gasteiger partial charge in [0.2, 0.25) is 0 Å². The van der Waals surface area contributed by atoms with Gasteiger partial charge in [-0.25, -0.2) is 9.78 Å². The molecule has 1 aromatic heterocycles. The summed E-state index contributed by atoms with van der Waals surface area (Å²) < 4.78 is 5.19. The van der Waals surface area contributed by atoms with Crippen LogP contribution in [0.15, 0.2) is 35.1 Å². The Hall–Kier alpha value is -2.63. The molecule has 1 heterocycles. The van der Waals surface area contributed by atoms with E-state index in [1.807, 2.05) is 13.8 Å². The molecule has 0 fully saturated rings. The third kappa shape index (κ3) is 2.85. The molecule has 0 radical (unpaired) electrons. The van der Waals surface area contributed by atoms with Crippen LogP contribution in [0.1, 0.15) is 46.4 Å². The number of carbonyl (C=O) groups is 2. The third-order valence-corrected chi connectivity index (χ3v) is 2.72. The number of nitrogens with one attached hydrogen (secondary N) is 1. The van der Waals surface area contributed by atoms with Crippen molar-refractivity contribution >= 4 is 17.6 Å². The molecular formula is C14H14N2O4. The zero-order valence-electron chi connectivity index (χ0n) is 11.1. The van der Waals surface area contributed by atoms with Crippen molar-refractivity contribution in [2.24, 2.45) is 0 Å². The minimum absolute atomic E-state index is 0.0487. The largest absolute Gasteiger partial charge is 0.478 e. The smallest absolute Gasteiger partial charge is 0.335 e. The first kappa shape index (κ1) is 13.8. The molecule has 0 unspecified atom stereocenters. The van der Waals surface area contributed by atoms with Crippen molar-refractivity contribution in [2.45, 2.75) is 19.8 Å². The number of oxazole rings is 1. The molecule has 0 bridgehead atoms. The highest BCUT2D eigenvalue weighted by Crippen LogP contribution is 2.19. The van der Waals surface area contributed by atoms with E-state index in [0.29, 0.717) is 11.4 Å². The fourth-order valence-electron chi connectivity index (χ4n) is 1.72. The zero-order chi connectivity index (χ0) is 14.7. The fourth-order valence-corrected chi connectivity index (χ4v) is 1.72. The average Bonchev–Trinajstić information content (AvgIpc) is 2.88. The Bertz CT molecular complexity index is 629. The van der Waals surface area contributed by atoms with Gasteiger partial charge in [0.05, 0.1) is 5.56 Å². The van der Waals surface area contributed by atoms with Gasteiger partial charge in [-0.1, -0.05) is 13.8 Å². The molecule has 0 saturated carbocycles. The number of rotatable bonds is 4. The van der Waals surface area contributed by atoms with Crippen LogP contribution < -0.4 is 5.32 Å². The second-order valence-corrected chi connectivity index (χ2v) is 4.56. The Morgan fingerprint density at radius 1 is 1.25 bits per heavy atom. The summed E-state index contributed by atoms with van der Waals surface area (Å²) in [5.41, 5.74) is 0.896. The summed E-state index contributed by atoms with van der Waals surface area (Å²) in [7, 11) is 0. The van der Waals surface area contributed by atoms with Crippen LogP contribution in [0.4, 0.5) is 5.69 Å². The van der Waals surface area contributed by atoms with Gasteiger partial charge < -0.3 is 14.8 Å². The van der Waals surface area contributed by atoms with Gasteiger partial charge >= 0.3 is 5.97 Å². The van der Waals surface area contributed by atoms with Crippen LogP contribution in [-0.2, 0) is 0 Å². The predicted molar refractivity (Wildman–Crippen MR) is 71.9 cm³/mol. The number of benzene rings is 1. The lowest BCUT2D eigenvalue weighted by atomic mass is 10.1. The number of aromatic carboxylic acids is 1. The summed E-state index contributed by atoms with van der Waals surface area (Å²) in [6.45, 7) is 3.80. The molecule has 0 saturated heterocycles. The molecule has 6 nitrogen and oxygen atoms in total. The maximum absolute atomic E-state index is 12.1. The highest BCUT2D eigenvalue weighted by atomic mass is 16.4. The van der Waals surface area contributed by atoms with E-state index in [0.717, 1.165) is 0 Å². The summed E-state index contributed by atoms with van der Waals surface area (Å²) >= 11 is 0. The van der Waals surface area contributed by atoms with Gasteiger partial charge in [0.25, 0.3) is 5.91 Å². The third-order valence-electron chi connectivity index (χ3n) is 2.72. The van der Waals surface area contributed by atoms with Crippen molar-refractivity contribution in [3.63, 3.8) is 0 Å². The van der Waals surface area contributed by atoms with E-state index in [1.54, 1.807) is 0 Å². The normalized spacial score (nSPS) is 10.6. The quantitative estimate of drug-likeness (QED) is 0.894. The Morgan fingerprint density at radius 3 is 2.45 bits per heavy atom. The minimum Gasteiger partial charge on any atom is -0.478 e. The second kappa shape index (κ2) is 5.56. The Labute approximate surface area is 115 Å². The first-order valence-corrected chi connectivity index (χ1v) is 6.07. The predicted octanol–water partition coefficient (Wildman–Crippen LogP) is 2.75. The molecule has 2 aromatic rings. The average molecular weight is 274 g/mol. The Morgan fingerprint density at radius 2 is 1.90 bits per heavy atom. The van der Waals surface area contributed by atoms with E-state index in [2.05, 4.69) is 10.3 Å². The van der Waals surface area contributed by atoms with Crippen LogP contribution in [-0.4, -0.2) is 22.0 Å². The number of nitrogens with zero attached hydrogens (tertiary/aromatic N) is 1. The number of carboxylic acid groups (broad SMARTS) is 1. The molecule has 1 amide bonds. The minimum atomic E-state index is -1.01. The van der Waals surface area contributed by atoms with Gasteiger partial charge in [-0.2, -0.15) is 0 Å². The molecule has 0 aliphatic carbocycles. The number of amides is 1. The first-order valence-electron chi connectivity index (χ1n) is 6.07. The Kier molecular flexibility index (Phi) is 3.84. The molecule has 0 aliphatic heterocycles. The van der Waals surface area contributed by atoms with Gasteiger partial charge in [-0.05, 0) is 24.3 Å². The van der Waals surface area contributed by atoms with E-state index in [-0.39, 0.29) is 23.1 Å². The van der Waals surface area contributed by atoms with Crippen LogP contribution in [0.5, 0.6) is 0 Å². The van der Waals surface area contributed by atoms with Crippen molar-refractivity contribution < 1.29 is 19.1 Å². The van der Waals surface area contributed by atoms with Crippen LogP contribution in [0.3, 0.4) is 0 Å². The maximum Gasteiger partial charge on any atom is 0.335 e. The van der Waals surface area contributed by atoms with Crippen LogP contribution >= 0.6 is 0 Å².